The minimum Gasteiger partial charge on any atom is -0.337 e. The molecule has 0 bridgehead atoms. The van der Waals surface area contributed by atoms with Gasteiger partial charge in [-0.2, -0.15) is 18.2 Å². The maximum absolute atomic E-state index is 12.9. The zero-order valence-corrected chi connectivity index (χ0v) is 15.9. The Morgan fingerprint density at radius 2 is 1.79 bits per heavy atom. The highest BCUT2D eigenvalue weighted by Crippen LogP contribution is 2.32. The van der Waals surface area contributed by atoms with Crippen molar-refractivity contribution in [3.05, 3.63) is 77.7 Å². The summed E-state index contributed by atoms with van der Waals surface area (Å²) in [6.45, 7) is 3.54. The van der Waals surface area contributed by atoms with Gasteiger partial charge in [-0.05, 0) is 36.6 Å². The molecule has 0 amide bonds. The molecule has 7 heteroatoms. The van der Waals surface area contributed by atoms with Gasteiger partial charge in [-0.1, -0.05) is 53.7 Å². The van der Waals surface area contributed by atoms with Gasteiger partial charge < -0.3 is 4.52 Å². The van der Waals surface area contributed by atoms with Crippen LogP contribution in [0.4, 0.5) is 13.2 Å². The Hall–Kier alpha value is -2.93. The summed E-state index contributed by atoms with van der Waals surface area (Å²) in [4.78, 5) is 6.55. The van der Waals surface area contributed by atoms with Crippen molar-refractivity contribution in [1.82, 2.24) is 15.0 Å². The van der Waals surface area contributed by atoms with Crippen molar-refractivity contribution in [2.24, 2.45) is 0 Å². The Labute approximate surface area is 166 Å². The second-order valence-electron chi connectivity index (χ2n) is 7.05. The number of alkyl halides is 3. The van der Waals surface area contributed by atoms with Gasteiger partial charge >= 0.3 is 6.18 Å². The Morgan fingerprint density at radius 3 is 2.48 bits per heavy atom. The zero-order valence-electron chi connectivity index (χ0n) is 15.9. The van der Waals surface area contributed by atoms with Crippen LogP contribution >= 0.6 is 0 Å². The number of benzene rings is 2. The van der Waals surface area contributed by atoms with Crippen LogP contribution in [0.1, 0.15) is 36.4 Å². The highest BCUT2D eigenvalue weighted by molar-refractivity contribution is 5.66. The molecular formula is C22H20F3N3O. The number of halogens is 3. The lowest BCUT2D eigenvalue weighted by atomic mass is 9.99. The molecule has 3 aromatic rings. The molecule has 2 aromatic carbocycles. The molecule has 1 unspecified atom stereocenters. The van der Waals surface area contributed by atoms with Crippen LogP contribution in [0.5, 0.6) is 0 Å². The van der Waals surface area contributed by atoms with Crippen LogP contribution in [-0.4, -0.2) is 28.1 Å². The summed E-state index contributed by atoms with van der Waals surface area (Å²) in [6, 6.07) is 15.1. The quantitative estimate of drug-likeness (QED) is 0.572. The summed E-state index contributed by atoms with van der Waals surface area (Å²) < 4.78 is 44.2. The van der Waals surface area contributed by atoms with Crippen molar-refractivity contribution < 1.29 is 17.7 Å². The number of nitrogens with zero attached hydrogens (tertiary/aromatic N) is 3. The minimum atomic E-state index is -4.41. The highest BCUT2D eigenvalue weighted by Gasteiger charge is 2.31. The van der Waals surface area contributed by atoms with Crippen LogP contribution in [0.3, 0.4) is 0 Å². The summed E-state index contributed by atoms with van der Waals surface area (Å²) in [5.41, 5.74) is 2.09. The molecule has 0 N–H and O–H groups in total. The third-order valence-corrected chi connectivity index (χ3v) is 5.18. The fourth-order valence-electron chi connectivity index (χ4n) is 3.46. The van der Waals surface area contributed by atoms with E-state index in [2.05, 4.69) is 33.2 Å². The standard InChI is InChI=1S/C22H20F3N3O/c1-15(28-12-10-17(11-13-28)16-6-3-2-4-7-16)21-26-20(27-29-21)18-8-5-9-19(14-18)22(23,24)25/h2-10,14-15H,11-13H2,1H3. The van der Waals surface area contributed by atoms with E-state index >= 15 is 0 Å². The third-order valence-electron chi connectivity index (χ3n) is 5.18. The number of hydrogen-bond donors (Lipinski definition) is 0. The molecule has 4 rings (SSSR count). The molecule has 0 fully saturated rings. The van der Waals surface area contributed by atoms with Crippen molar-refractivity contribution in [1.29, 1.82) is 0 Å². The minimum absolute atomic E-state index is 0.129. The van der Waals surface area contributed by atoms with Gasteiger partial charge in [0.15, 0.2) is 0 Å². The average Bonchev–Trinajstić information content (AvgIpc) is 3.24. The summed E-state index contributed by atoms with van der Waals surface area (Å²) >= 11 is 0. The maximum atomic E-state index is 12.9. The molecule has 150 valence electrons. The van der Waals surface area contributed by atoms with Crippen LogP contribution in [0, 0.1) is 0 Å². The van der Waals surface area contributed by atoms with Gasteiger partial charge in [0.25, 0.3) is 0 Å². The largest absolute Gasteiger partial charge is 0.416 e. The topological polar surface area (TPSA) is 42.2 Å². The molecule has 0 spiro atoms. The van der Waals surface area contributed by atoms with Gasteiger partial charge in [-0.15, -0.1) is 0 Å². The lowest BCUT2D eigenvalue weighted by molar-refractivity contribution is -0.137. The molecule has 0 saturated heterocycles. The van der Waals surface area contributed by atoms with Crippen LogP contribution in [0.25, 0.3) is 17.0 Å². The maximum Gasteiger partial charge on any atom is 0.416 e. The lowest BCUT2D eigenvalue weighted by Gasteiger charge is -2.29. The molecule has 0 aliphatic carbocycles. The van der Waals surface area contributed by atoms with Crippen molar-refractivity contribution in [3.63, 3.8) is 0 Å². The second-order valence-corrected chi connectivity index (χ2v) is 7.05. The smallest absolute Gasteiger partial charge is 0.337 e. The van der Waals surface area contributed by atoms with E-state index in [9.17, 15) is 13.2 Å². The van der Waals surface area contributed by atoms with Gasteiger partial charge in [0.1, 0.15) is 0 Å². The fourth-order valence-corrected chi connectivity index (χ4v) is 3.46. The fraction of sp³-hybridized carbons (Fsp3) is 0.273. The van der Waals surface area contributed by atoms with E-state index in [0.717, 1.165) is 31.6 Å². The normalized spacial score (nSPS) is 16.5. The Kier molecular flexibility index (Phi) is 5.24. The molecular weight excluding hydrogens is 379 g/mol. The van der Waals surface area contributed by atoms with Crippen molar-refractivity contribution in [2.75, 3.05) is 13.1 Å². The first-order valence-electron chi connectivity index (χ1n) is 9.41. The van der Waals surface area contributed by atoms with E-state index in [1.165, 1.54) is 17.2 Å². The molecule has 1 aromatic heterocycles. The first kappa shape index (κ1) is 19.4. The molecule has 1 aliphatic heterocycles. The SMILES string of the molecule is CC(c1nc(-c2cccc(C(F)(F)F)c2)no1)N1CC=C(c2ccccc2)CC1. The van der Waals surface area contributed by atoms with Crippen molar-refractivity contribution in [2.45, 2.75) is 25.6 Å². The van der Waals surface area contributed by atoms with E-state index in [1.807, 2.05) is 25.1 Å². The first-order valence-corrected chi connectivity index (χ1v) is 9.41. The number of hydrogen-bond acceptors (Lipinski definition) is 4. The van der Waals surface area contributed by atoms with Crippen LogP contribution in [0.2, 0.25) is 0 Å². The molecule has 1 atom stereocenters. The average molecular weight is 399 g/mol. The molecule has 29 heavy (non-hydrogen) atoms. The first-order chi connectivity index (χ1) is 13.9. The predicted octanol–water partition coefficient (Wildman–Crippen LogP) is 5.61. The Bertz CT molecular complexity index is 1010. The molecule has 0 radical (unpaired) electrons. The summed E-state index contributed by atoms with van der Waals surface area (Å²) in [5.74, 6) is 0.560. The summed E-state index contributed by atoms with van der Waals surface area (Å²) in [7, 11) is 0. The van der Waals surface area contributed by atoms with E-state index in [-0.39, 0.29) is 17.4 Å². The van der Waals surface area contributed by atoms with Gasteiger partial charge in [0.05, 0.1) is 11.6 Å². The van der Waals surface area contributed by atoms with Crippen LogP contribution in [0.15, 0.2) is 65.2 Å². The number of aromatic nitrogens is 2. The molecule has 0 saturated carbocycles. The van der Waals surface area contributed by atoms with E-state index < -0.39 is 11.7 Å². The van der Waals surface area contributed by atoms with E-state index in [4.69, 9.17) is 4.52 Å². The molecule has 2 heterocycles. The number of rotatable bonds is 4. The van der Waals surface area contributed by atoms with Gasteiger partial charge in [0.2, 0.25) is 11.7 Å². The van der Waals surface area contributed by atoms with Gasteiger partial charge in [-0.3, -0.25) is 4.90 Å². The molecule has 4 nitrogen and oxygen atoms in total. The third kappa shape index (κ3) is 4.24. The van der Waals surface area contributed by atoms with Crippen LogP contribution in [-0.2, 0) is 6.18 Å². The lowest BCUT2D eigenvalue weighted by Crippen LogP contribution is -2.31. The monoisotopic (exact) mass is 399 g/mol. The Balaban J connectivity index is 1.48. The van der Waals surface area contributed by atoms with E-state index in [0.29, 0.717) is 5.89 Å². The Morgan fingerprint density at radius 1 is 1.03 bits per heavy atom. The predicted molar refractivity (Wildman–Crippen MR) is 104 cm³/mol. The van der Waals surface area contributed by atoms with Crippen molar-refractivity contribution >= 4 is 5.57 Å². The van der Waals surface area contributed by atoms with Gasteiger partial charge in [-0.25, -0.2) is 0 Å². The van der Waals surface area contributed by atoms with Crippen LogP contribution < -0.4 is 0 Å². The zero-order chi connectivity index (χ0) is 20.4. The summed E-state index contributed by atoms with van der Waals surface area (Å²) in [6.07, 6.45) is -1.31. The van der Waals surface area contributed by atoms with Gasteiger partial charge in [0, 0.05) is 18.7 Å². The summed E-state index contributed by atoms with van der Waals surface area (Å²) in [5, 5.41) is 3.89. The highest BCUT2D eigenvalue weighted by atomic mass is 19.4. The van der Waals surface area contributed by atoms with Crippen molar-refractivity contribution in [3.8, 4) is 11.4 Å². The molecule has 1 aliphatic rings. The van der Waals surface area contributed by atoms with E-state index in [1.54, 1.807) is 6.07 Å². The second kappa shape index (κ2) is 7.83.